The van der Waals surface area contributed by atoms with Crippen molar-refractivity contribution in [1.29, 1.82) is 0 Å². The number of hydrogen-bond donors (Lipinski definition) is 1. The second-order valence-corrected chi connectivity index (χ2v) is 11.7. The van der Waals surface area contributed by atoms with Gasteiger partial charge in [0.1, 0.15) is 5.82 Å². The lowest BCUT2D eigenvalue weighted by molar-refractivity contribution is 0.379. The molecule has 0 aliphatic rings. The monoisotopic (exact) mass is 656 g/mol. The minimum absolute atomic E-state index is 0.142. The molecule has 0 spiro atoms. The summed E-state index contributed by atoms with van der Waals surface area (Å²) in [6.07, 6.45) is 3.01. The standard InChI is InChI=1S/C34H30Cl2N6O4/c1-3-4-12-30-37-20(2)25(18-31-38-29(40-45-31)17-26-27(35)10-7-11-28(26)36)33(43)42(30)19-21-13-15-22(16-14-21)23-8-5-6-9-24(23)32-39-34(44)46-41-32/h5-11,13-16H,3-4,12,17-19H2,1-2H3,(H,39,41,44). The van der Waals surface area contributed by atoms with Gasteiger partial charge in [0.25, 0.3) is 5.56 Å². The lowest BCUT2D eigenvalue weighted by Gasteiger charge is -2.16. The maximum atomic E-state index is 14.0. The van der Waals surface area contributed by atoms with Crippen molar-refractivity contribution in [2.45, 2.75) is 52.5 Å². The SMILES string of the molecule is CCCCc1nc(C)c(Cc2nc(Cc3c(Cl)cccc3Cl)no2)c(=O)n1Cc1ccc(-c2ccccc2-c2noc(=O)[nH]2)cc1. The number of halogens is 2. The first-order chi connectivity index (χ1) is 22.3. The fraction of sp³-hybridized carbons (Fsp3) is 0.235. The predicted molar refractivity (Wildman–Crippen MR) is 175 cm³/mol. The van der Waals surface area contributed by atoms with Crippen LogP contribution in [0.2, 0.25) is 10.0 Å². The molecule has 0 bridgehead atoms. The van der Waals surface area contributed by atoms with Crippen LogP contribution in [0.4, 0.5) is 0 Å². The van der Waals surface area contributed by atoms with Crippen LogP contribution in [0.3, 0.4) is 0 Å². The van der Waals surface area contributed by atoms with Crippen molar-refractivity contribution in [2.24, 2.45) is 0 Å². The summed E-state index contributed by atoms with van der Waals surface area (Å²) in [4.78, 5) is 37.6. The average Bonchev–Trinajstić information content (AvgIpc) is 3.70. The maximum absolute atomic E-state index is 14.0. The summed E-state index contributed by atoms with van der Waals surface area (Å²) < 4.78 is 12.0. The van der Waals surface area contributed by atoms with Gasteiger partial charge >= 0.3 is 5.76 Å². The van der Waals surface area contributed by atoms with Crippen LogP contribution in [0, 0.1) is 6.92 Å². The fourth-order valence-electron chi connectivity index (χ4n) is 5.35. The van der Waals surface area contributed by atoms with Gasteiger partial charge in [0.15, 0.2) is 11.6 Å². The van der Waals surface area contributed by atoms with Gasteiger partial charge in [-0.05, 0) is 47.7 Å². The number of aryl methyl sites for hydroxylation is 2. The second kappa shape index (κ2) is 13.7. The molecule has 0 atom stereocenters. The number of aromatic amines is 1. The Bertz CT molecular complexity index is 2090. The second-order valence-electron chi connectivity index (χ2n) is 10.9. The van der Waals surface area contributed by atoms with E-state index in [0.29, 0.717) is 63.8 Å². The van der Waals surface area contributed by atoms with Gasteiger partial charge in [0.2, 0.25) is 5.89 Å². The van der Waals surface area contributed by atoms with Crippen molar-refractivity contribution in [1.82, 2.24) is 29.8 Å². The third-order valence-electron chi connectivity index (χ3n) is 7.77. The molecule has 234 valence electrons. The number of H-pyrrole nitrogens is 1. The molecule has 0 saturated heterocycles. The molecule has 3 aromatic heterocycles. The Hall–Kier alpha value is -4.80. The number of benzene rings is 3. The van der Waals surface area contributed by atoms with Crippen molar-refractivity contribution in [2.75, 3.05) is 0 Å². The van der Waals surface area contributed by atoms with Gasteiger partial charge in [-0.1, -0.05) is 101 Å². The Morgan fingerprint density at radius 3 is 2.26 bits per heavy atom. The zero-order chi connectivity index (χ0) is 32.2. The highest BCUT2D eigenvalue weighted by atomic mass is 35.5. The van der Waals surface area contributed by atoms with Crippen LogP contribution in [0.25, 0.3) is 22.5 Å². The first-order valence-corrected chi connectivity index (χ1v) is 15.6. The third-order valence-corrected chi connectivity index (χ3v) is 8.47. The quantitative estimate of drug-likeness (QED) is 0.161. The van der Waals surface area contributed by atoms with E-state index in [1.54, 1.807) is 22.8 Å². The van der Waals surface area contributed by atoms with Gasteiger partial charge < -0.3 is 4.52 Å². The smallest absolute Gasteiger partial charge is 0.339 e. The van der Waals surface area contributed by atoms with E-state index in [1.165, 1.54) is 0 Å². The molecular weight excluding hydrogens is 627 g/mol. The zero-order valence-corrected chi connectivity index (χ0v) is 26.7. The zero-order valence-electron chi connectivity index (χ0n) is 25.2. The molecule has 6 rings (SSSR count). The molecule has 46 heavy (non-hydrogen) atoms. The van der Waals surface area contributed by atoms with E-state index in [9.17, 15) is 9.59 Å². The van der Waals surface area contributed by atoms with Crippen LogP contribution < -0.4 is 11.3 Å². The fourth-order valence-corrected chi connectivity index (χ4v) is 5.88. The van der Waals surface area contributed by atoms with Crippen LogP contribution in [-0.2, 0) is 25.8 Å². The molecule has 0 radical (unpaired) electrons. The van der Waals surface area contributed by atoms with E-state index in [0.717, 1.165) is 40.9 Å². The van der Waals surface area contributed by atoms with E-state index >= 15 is 0 Å². The first kappa shape index (κ1) is 31.2. The number of hydrogen-bond acceptors (Lipinski definition) is 8. The topological polar surface area (TPSA) is 133 Å². The summed E-state index contributed by atoms with van der Waals surface area (Å²) in [5.74, 6) is 1.21. The highest BCUT2D eigenvalue weighted by Gasteiger charge is 2.19. The summed E-state index contributed by atoms with van der Waals surface area (Å²) in [6, 6.07) is 20.8. The van der Waals surface area contributed by atoms with Gasteiger partial charge in [0, 0.05) is 39.7 Å². The lowest BCUT2D eigenvalue weighted by Crippen LogP contribution is -2.30. The van der Waals surface area contributed by atoms with E-state index in [2.05, 4.69) is 27.2 Å². The molecule has 6 aromatic rings. The minimum atomic E-state index is -0.614. The summed E-state index contributed by atoms with van der Waals surface area (Å²) in [5, 5.41) is 8.99. The molecule has 0 fully saturated rings. The highest BCUT2D eigenvalue weighted by Crippen LogP contribution is 2.30. The van der Waals surface area contributed by atoms with Gasteiger partial charge in [-0.15, -0.1) is 0 Å². The number of nitrogens with zero attached hydrogens (tertiary/aromatic N) is 5. The lowest BCUT2D eigenvalue weighted by atomic mass is 9.98. The Kier molecular flexibility index (Phi) is 9.28. The van der Waals surface area contributed by atoms with Crippen LogP contribution in [0.5, 0.6) is 0 Å². The van der Waals surface area contributed by atoms with Crippen LogP contribution in [-0.4, -0.2) is 29.8 Å². The number of aromatic nitrogens is 6. The van der Waals surface area contributed by atoms with Gasteiger partial charge in [0.05, 0.1) is 13.0 Å². The normalized spacial score (nSPS) is 11.3. The van der Waals surface area contributed by atoms with E-state index in [1.807, 2.05) is 55.5 Å². The molecule has 0 aliphatic carbocycles. The molecule has 0 amide bonds. The molecule has 0 unspecified atom stereocenters. The molecule has 12 heteroatoms. The Morgan fingerprint density at radius 2 is 1.57 bits per heavy atom. The molecule has 1 N–H and O–H groups in total. The molecule has 3 heterocycles. The number of nitrogens with one attached hydrogen (secondary N) is 1. The van der Waals surface area contributed by atoms with Crippen molar-refractivity contribution >= 4 is 23.2 Å². The molecule has 10 nitrogen and oxygen atoms in total. The van der Waals surface area contributed by atoms with E-state index < -0.39 is 5.76 Å². The van der Waals surface area contributed by atoms with Crippen molar-refractivity contribution in [3.63, 3.8) is 0 Å². The summed E-state index contributed by atoms with van der Waals surface area (Å²) >= 11 is 12.6. The Balaban J connectivity index is 1.28. The van der Waals surface area contributed by atoms with E-state index in [4.69, 9.17) is 37.2 Å². The molecule has 0 aliphatic heterocycles. The molecule has 0 saturated carbocycles. The summed E-state index contributed by atoms with van der Waals surface area (Å²) in [6.45, 7) is 4.29. The average molecular weight is 658 g/mol. The maximum Gasteiger partial charge on any atom is 0.439 e. The van der Waals surface area contributed by atoms with Crippen LogP contribution >= 0.6 is 23.2 Å². The predicted octanol–water partition coefficient (Wildman–Crippen LogP) is 6.82. The van der Waals surface area contributed by atoms with Gasteiger partial charge in [-0.2, -0.15) is 4.98 Å². The highest BCUT2D eigenvalue weighted by molar-refractivity contribution is 6.36. The van der Waals surface area contributed by atoms with Crippen molar-refractivity contribution in [3.05, 3.63) is 138 Å². The summed E-state index contributed by atoms with van der Waals surface area (Å²) in [7, 11) is 0. The van der Waals surface area contributed by atoms with Gasteiger partial charge in [-0.25, -0.2) is 9.78 Å². The Morgan fingerprint density at radius 1 is 0.826 bits per heavy atom. The molecular formula is C34H30Cl2N6O4. The van der Waals surface area contributed by atoms with Gasteiger partial charge in [-0.3, -0.25) is 18.9 Å². The first-order valence-electron chi connectivity index (χ1n) is 14.9. The third kappa shape index (κ3) is 6.73. The molecule has 3 aromatic carbocycles. The van der Waals surface area contributed by atoms with Crippen LogP contribution in [0.1, 0.15) is 59.7 Å². The summed E-state index contributed by atoms with van der Waals surface area (Å²) in [5.41, 5.74) is 5.19. The minimum Gasteiger partial charge on any atom is -0.339 e. The number of rotatable bonds is 11. The van der Waals surface area contributed by atoms with E-state index in [-0.39, 0.29) is 12.0 Å². The largest absolute Gasteiger partial charge is 0.439 e. The Labute approximate surface area is 274 Å². The van der Waals surface area contributed by atoms with Crippen LogP contribution in [0.15, 0.2) is 85.4 Å². The van der Waals surface area contributed by atoms with Crippen molar-refractivity contribution < 1.29 is 9.05 Å². The number of unbranched alkanes of at least 4 members (excludes halogenated alkanes) is 1. The van der Waals surface area contributed by atoms with Crippen molar-refractivity contribution in [3.8, 4) is 22.5 Å².